The lowest BCUT2D eigenvalue weighted by molar-refractivity contribution is -0.136. The molecule has 0 spiro atoms. The number of hydrogen-bond donors (Lipinski definition) is 2. The van der Waals surface area contributed by atoms with Gasteiger partial charge in [-0.2, -0.15) is 8.42 Å². The Bertz CT molecular complexity index is 1260. The molecular weight excluding hydrogens is 445 g/mol. The Morgan fingerprint density at radius 3 is 2.36 bits per heavy atom. The smallest absolute Gasteiger partial charge is 0.306 e. The van der Waals surface area contributed by atoms with Crippen molar-refractivity contribution in [3.05, 3.63) is 82.7 Å². The summed E-state index contributed by atoms with van der Waals surface area (Å²) < 4.78 is 42.1. The number of nitrogens with one attached hydrogen (secondary N) is 1. The van der Waals surface area contributed by atoms with Gasteiger partial charge in [-0.15, -0.1) is 0 Å². The lowest BCUT2D eigenvalue weighted by atomic mass is 9.94. The number of carboxylic acid groups (broad SMARTS) is 1. The van der Waals surface area contributed by atoms with Gasteiger partial charge in [0.25, 0.3) is 0 Å². The highest BCUT2D eigenvalue weighted by atomic mass is 32.2. The lowest BCUT2D eigenvalue weighted by Gasteiger charge is -2.14. The van der Waals surface area contributed by atoms with Gasteiger partial charge >= 0.3 is 16.1 Å². The molecule has 2 N–H and O–H groups in total. The Kier molecular flexibility index (Phi) is 7.38. The summed E-state index contributed by atoms with van der Waals surface area (Å²) in [5, 5.41) is 12.0. The fourth-order valence-corrected chi connectivity index (χ4v) is 4.19. The van der Waals surface area contributed by atoms with Crippen LogP contribution in [0.15, 0.2) is 54.6 Å². The van der Waals surface area contributed by atoms with Crippen molar-refractivity contribution in [2.45, 2.75) is 33.2 Å². The van der Waals surface area contributed by atoms with Crippen LogP contribution in [0.1, 0.15) is 28.7 Å². The van der Waals surface area contributed by atoms with Crippen LogP contribution < -0.4 is 9.50 Å². The van der Waals surface area contributed by atoms with Gasteiger partial charge < -0.3 is 14.6 Å². The van der Waals surface area contributed by atoms with Gasteiger partial charge in [-0.1, -0.05) is 24.3 Å². The number of rotatable bonds is 9. The Hall–Kier alpha value is -3.39. The first-order valence-electron chi connectivity index (χ1n) is 10.4. The molecule has 0 unspecified atom stereocenters. The van der Waals surface area contributed by atoms with Crippen molar-refractivity contribution in [1.82, 2.24) is 0 Å². The van der Waals surface area contributed by atoms with Crippen LogP contribution in [-0.4, -0.2) is 25.7 Å². The molecule has 3 aromatic carbocycles. The van der Waals surface area contributed by atoms with Crippen molar-refractivity contribution in [2.75, 3.05) is 11.6 Å². The second kappa shape index (κ2) is 10.0. The summed E-state index contributed by atoms with van der Waals surface area (Å²) in [4.78, 5) is 10.7. The minimum Gasteiger partial charge on any atom is -0.481 e. The summed E-state index contributed by atoms with van der Waals surface area (Å²) in [6.45, 7) is 4.27. The Labute approximate surface area is 193 Å². The number of carbonyl (C=O) groups is 1. The van der Waals surface area contributed by atoms with Gasteiger partial charge in [0.1, 0.15) is 11.6 Å². The zero-order chi connectivity index (χ0) is 24.2. The predicted octanol–water partition coefficient (Wildman–Crippen LogP) is 5.08. The summed E-state index contributed by atoms with van der Waals surface area (Å²) >= 11 is 0. The first kappa shape index (κ1) is 24.3. The van der Waals surface area contributed by atoms with E-state index in [0.717, 1.165) is 34.1 Å². The summed E-state index contributed by atoms with van der Waals surface area (Å²) in [6, 6.07) is 16.0. The third-order valence-corrected chi connectivity index (χ3v) is 5.62. The number of anilines is 1. The van der Waals surface area contributed by atoms with E-state index >= 15 is 0 Å². The van der Waals surface area contributed by atoms with Crippen LogP contribution in [0.4, 0.5) is 10.1 Å². The number of halogens is 1. The van der Waals surface area contributed by atoms with Crippen LogP contribution in [0.5, 0.6) is 5.75 Å². The van der Waals surface area contributed by atoms with Gasteiger partial charge in [0.05, 0.1) is 6.26 Å². The average molecular weight is 472 g/mol. The Balaban J connectivity index is 1.75. The normalized spacial score (nSPS) is 11.3. The van der Waals surface area contributed by atoms with E-state index in [1.807, 2.05) is 38.1 Å². The van der Waals surface area contributed by atoms with Crippen LogP contribution in [-0.2, 0) is 27.9 Å². The fourth-order valence-electron chi connectivity index (χ4n) is 3.74. The molecule has 0 amide bonds. The van der Waals surface area contributed by atoms with Crippen LogP contribution in [0.25, 0.3) is 11.1 Å². The number of aryl methyl sites for hydroxylation is 3. The van der Waals surface area contributed by atoms with E-state index in [-0.39, 0.29) is 18.6 Å². The third kappa shape index (κ3) is 6.79. The summed E-state index contributed by atoms with van der Waals surface area (Å²) in [7, 11) is -3.60. The van der Waals surface area contributed by atoms with Crippen molar-refractivity contribution in [2.24, 2.45) is 0 Å². The SMILES string of the molecule is Cc1cc(OS(C)(=O)=O)cc(C)c1-c1cccc(CNc2ccc(CCC(=O)O)c(F)c2)c1. The zero-order valence-electron chi connectivity index (χ0n) is 18.7. The van der Waals surface area contributed by atoms with E-state index in [1.54, 1.807) is 24.3 Å². The summed E-state index contributed by atoms with van der Waals surface area (Å²) in [6.07, 6.45) is 1.05. The van der Waals surface area contributed by atoms with Crippen LogP contribution in [0, 0.1) is 19.7 Å². The molecule has 0 saturated carbocycles. The average Bonchev–Trinajstić information content (AvgIpc) is 2.70. The highest BCUT2D eigenvalue weighted by Crippen LogP contribution is 2.32. The third-order valence-electron chi connectivity index (χ3n) is 5.13. The van der Waals surface area contributed by atoms with E-state index in [4.69, 9.17) is 9.29 Å². The molecule has 3 rings (SSSR count). The summed E-state index contributed by atoms with van der Waals surface area (Å²) in [5.41, 5.74) is 5.71. The number of carboxylic acids is 1. The molecule has 174 valence electrons. The monoisotopic (exact) mass is 471 g/mol. The summed E-state index contributed by atoms with van der Waals surface area (Å²) in [5.74, 6) is -1.11. The van der Waals surface area contributed by atoms with Gasteiger partial charge in [0.15, 0.2) is 0 Å². The first-order valence-corrected chi connectivity index (χ1v) is 12.2. The lowest BCUT2D eigenvalue weighted by Crippen LogP contribution is -2.06. The molecule has 0 heterocycles. The second-order valence-corrected chi connectivity index (χ2v) is 9.55. The largest absolute Gasteiger partial charge is 0.481 e. The predicted molar refractivity (Wildman–Crippen MR) is 127 cm³/mol. The maximum atomic E-state index is 14.3. The van der Waals surface area contributed by atoms with Crippen LogP contribution >= 0.6 is 0 Å². The number of hydrogen-bond acceptors (Lipinski definition) is 5. The van der Waals surface area contributed by atoms with Crippen LogP contribution in [0.2, 0.25) is 0 Å². The highest BCUT2D eigenvalue weighted by Gasteiger charge is 2.12. The molecule has 0 fully saturated rings. The molecule has 0 atom stereocenters. The molecule has 0 radical (unpaired) electrons. The van der Waals surface area contributed by atoms with Crippen LogP contribution in [0.3, 0.4) is 0 Å². The second-order valence-electron chi connectivity index (χ2n) is 7.97. The molecule has 0 aromatic heterocycles. The van der Waals surface area contributed by atoms with Crippen molar-refractivity contribution in [3.63, 3.8) is 0 Å². The maximum absolute atomic E-state index is 14.3. The van der Waals surface area contributed by atoms with Crippen molar-refractivity contribution >= 4 is 21.8 Å². The fraction of sp³-hybridized carbons (Fsp3) is 0.240. The molecule has 6 nitrogen and oxygen atoms in total. The van der Waals surface area contributed by atoms with Crippen molar-refractivity contribution in [3.8, 4) is 16.9 Å². The minimum absolute atomic E-state index is 0.114. The molecule has 0 saturated heterocycles. The molecule has 8 heteroatoms. The molecule has 0 aliphatic carbocycles. The first-order chi connectivity index (χ1) is 15.5. The number of benzene rings is 3. The van der Waals surface area contributed by atoms with E-state index in [9.17, 15) is 17.6 Å². The molecule has 33 heavy (non-hydrogen) atoms. The molecule has 0 aliphatic heterocycles. The standard InChI is InChI=1S/C25H26FNO5S/c1-16-11-22(32-33(3,30)31)12-17(2)25(16)20-6-4-5-18(13-20)15-27-21-9-7-19(23(26)14-21)8-10-24(28)29/h4-7,9,11-14,27H,8,10,15H2,1-3H3,(H,28,29). The molecule has 0 bridgehead atoms. The number of aliphatic carboxylic acids is 1. The van der Waals surface area contributed by atoms with Gasteiger partial charge in [-0.3, -0.25) is 4.79 Å². The molecule has 0 aliphatic rings. The minimum atomic E-state index is -3.60. The zero-order valence-corrected chi connectivity index (χ0v) is 19.5. The van der Waals surface area contributed by atoms with Gasteiger partial charge in [0.2, 0.25) is 0 Å². The van der Waals surface area contributed by atoms with Gasteiger partial charge in [-0.25, -0.2) is 4.39 Å². The van der Waals surface area contributed by atoms with Crippen molar-refractivity contribution < 1.29 is 26.9 Å². The van der Waals surface area contributed by atoms with Gasteiger partial charge in [-0.05, 0) is 84.0 Å². The van der Waals surface area contributed by atoms with Crippen molar-refractivity contribution in [1.29, 1.82) is 0 Å². The van der Waals surface area contributed by atoms with E-state index in [1.165, 1.54) is 6.07 Å². The van der Waals surface area contributed by atoms with E-state index in [0.29, 0.717) is 17.8 Å². The van der Waals surface area contributed by atoms with Gasteiger partial charge in [0, 0.05) is 18.7 Å². The van der Waals surface area contributed by atoms with E-state index < -0.39 is 21.9 Å². The topological polar surface area (TPSA) is 92.7 Å². The molecule has 3 aromatic rings. The van der Waals surface area contributed by atoms with E-state index in [2.05, 4.69) is 5.32 Å². The highest BCUT2D eigenvalue weighted by molar-refractivity contribution is 7.86. The molecular formula is C25H26FNO5S. The Morgan fingerprint density at radius 1 is 1.06 bits per heavy atom. The Morgan fingerprint density at radius 2 is 1.76 bits per heavy atom. The maximum Gasteiger partial charge on any atom is 0.306 e. The quantitative estimate of drug-likeness (QED) is 0.423.